The summed E-state index contributed by atoms with van der Waals surface area (Å²) < 4.78 is 0. The average Bonchev–Trinajstić information content (AvgIpc) is 2.31. The minimum Gasteiger partial charge on any atom is -0.311 e. The minimum atomic E-state index is 0.542. The van der Waals surface area contributed by atoms with Crippen LogP contribution in [0, 0.1) is 12.8 Å². The van der Waals surface area contributed by atoms with E-state index in [9.17, 15) is 0 Å². The highest BCUT2D eigenvalue weighted by Gasteiger charge is 2.13. The SMILES string of the molecule is CCC(C)C(C)NC(C)Cc1ccccc1C. The summed E-state index contributed by atoms with van der Waals surface area (Å²) in [7, 11) is 0. The molecule has 0 saturated heterocycles. The van der Waals surface area contributed by atoms with Gasteiger partial charge in [-0.2, -0.15) is 0 Å². The lowest BCUT2D eigenvalue weighted by Crippen LogP contribution is -2.39. The van der Waals surface area contributed by atoms with E-state index in [4.69, 9.17) is 0 Å². The van der Waals surface area contributed by atoms with Gasteiger partial charge in [-0.15, -0.1) is 0 Å². The quantitative estimate of drug-likeness (QED) is 0.784. The highest BCUT2D eigenvalue weighted by Crippen LogP contribution is 2.12. The summed E-state index contributed by atoms with van der Waals surface area (Å²) >= 11 is 0. The van der Waals surface area contributed by atoms with Crippen molar-refractivity contribution < 1.29 is 0 Å². The van der Waals surface area contributed by atoms with Gasteiger partial charge >= 0.3 is 0 Å². The normalized spacial score (nSPS) is 16.5. The highest BCUT2D eigenvalue weighted by atomic mass is 14.9. The Labute approximate surface area is 107 Å². The Bertz CT molecular complexity index is 332. The van der Waals surface area contributed by atoms with Gasteiger partial charge in [0.15, 0.2) is 0 Å². The fourth-order valence-corrected chi connectivity index (χ4v) is 2.19. The predicted octanol–water partition coefficient (Wildman–Crippen LogP) is 3.95. The molecular formula is C16H27N. The van der Waals surface area contributed by atoms with Gasteiger partial charge < -0.3 is 5.32 Å². The molecule has 0 spiro atoms. The largest absolute Gasteiger partial charge is 0.311 e. The summed E-state index contributed by atoms with van der Waals surface area (Å²) in [5, 5.41) is 3.71. The third kappa shape index (κ3) is 4.51. The maximum atomic E-state index is 3.71. The molecule has 3 unspecified atom stereocenters. The van der Waals surface area contributed by atoms with Crippen molar-refractivity contribution in [2.75, 3.05) is 0 Å². The molecule has 96 valence electrons. The summed E-state index contributed by atoms with van der Waals surface area (Å²) in [4.78, 5) is 0. The lowest BCUT2D eigenvalue weighted by molar-refractivity contribution is 0.355. The number of nitrogens with one attached hydrogen (secondary N) is 1. The molecule has 0 aliphatic rings. The Balaban J connectivity index is 2.50. The zero-order valence-electron chi connectivity index (χ0n) is 12.0. The number of benzene rings is 1. The van der Waals surface area contributed by atoms with Crippen molar-refractivity contribution in [1.82, 2.24) is 5.32 Å². The first-order valence-corrected chi connectivity index (χ1v) is 6.85. The molecule has 1 nitrogen and oxygen atoms in total. The van der Waals surface area contributed by atoms with Crippen molar-refractivity contribution in [3.63, 3.8) is 0 Å². The van der Waals surface area contributed by atoms with Crippen LogP contribution in [0.15, 0.2) is 24.3 Å². The predicted molar refractivity (Wildman–Crippen MR) is 76.4 cm³/mol. The van der Waals surface area contributed by atoms with E-state index in [2.05, 4.69) is 64.2 Å². The van der Waals surface area contributed by atoms with E-state index in [1.165, 1.54) is 17.5 Å². The molecule has 1 N–H and O–H groups in total. The van der Waals surface area contributed by atoms with Crippen molar-refractivity contribution in [2.45, 2.75) is 59.5 Å². The Morgan fingerprint density at radius 3 is 2.35 bits per heavy atom. The molecule has 0 amide bonds. The Hall–Kier alpha value is -0.820. The Kier molecular flexibility index (Phi) is 5.70. The second-order valence-corrected chi connectivity index (χ2v) is 5.37. The van der Waals surface area contributed by atoms with Crippen LogP contribution in [0.1, 0.15) is 45.2 Å². The Morgan fingerprint density at radius 1 is 1.12 bits per heavy atom. The van der Waals surface area contributed by atoms with E-state index in [1.54, 1.807) is 0 Å². The van der Waals surface area contributed by atoms with Crippen LogP contribution in [-0.2, 0) is 6.42 Å². The molecule has 0 aliphatic heterocycles. The molecule has 0 aliphatic carbocycles. The fourth-order valence-electron chi connectivity index (χ4n) is 2.19. The zero-order valence-corrected chi connectivity index (χ0v) is 12.0. The summed E-state index contributed by atoms with van der Waals surface area (Å²) in [6, 6.07) is 9.81. The Morgan fingerprint density at radius 2 is 1.76 bits per heavy atom. The van der Waals surface area contributed by atoms with Gasteiger partial charge in [0.05, 0.1) is 0 Å². The fraction of sp³-hybridized carbons (Fsp3) is 0.625. The molecule has 0 aromatic heterocycles. The lowest BCUT2D eigenvalue weighted by Gasteiger charge is -2.25. The van der Waals surface area contributed by atoms with Gasteiger partial charge in [-0.3, -0.25) is 0 Å². The van der Waals surface area contributed by atoms with Crippen molar-refractivity contribution in [3.8, 4) is 0 Å². The molecule has 1 heteroatoms. The topological polar surface area (TPSA) is 12.0 Å². The summed E-state index contributed by atoms with van der Waals surface area (Å²) in [5.41, 5.74) is 2.86. The molecule has 0 bridgehead atoms. The molecule has 1 aromatic rings. The summed E-state index contributed by atoms with van der Waals surface area (Å²) in [5.74, 6) is 0.745. The number of rotatable bonds is 6. The van der Waals surface area contributed by atoms with E-state index in [-0.39, 0.29) is 0 Å². The van der Waals surface area contributed by atoms with Crippen LogP contribution >= 0.6 is 0 Å². The second-order valence-electron chi connectivity index (χ2n) is 5.37. The number of aryl methyl sites for hydroxylation is 1. The van der Waals surface area contributed by atoms with Crippen molar-refractivity contribution in [3.05, 3.63) is 35.4 Å². The average molecular weight is 233 g/mol. The molecule has 1 rings (SSSR count). The minimum absolute atomic E-state index is 0.542. The van der Waals surface area contributed by atoms with Gasteiger partial charge in [-0.05, 0) is 44.2 Å². The molecule has 0 radical (unpaired) electrons. The van der Waals surface area contributed by atoms with Gasteiger partial charge in [0.25, 0.3) is 0 Å². The van der Waals surface area contributed by atoms with E-state index < -0.39 is 0 Å². The first-order chi connectivity index (χ1) is 8.04. The smallest absolute Gasteiger partial charge is 0.00818 e. The van der Waals surface area contributed by atoms with E-state index in [1.807, 2.05) is 0 Å². The first kappa shape index (κ1) is 14.2. The monoisotopic (exact) mass is 233 g/mol. The molecule has 3 atom stereocenters. The van der Waals surface area contributed by atoms with Crippen molar-refractivity contribution >= 4 is 0 Å². The van der Waals surface area contributed by atoms with Crippen LogP contribution in [0.3, 0.4) is 0 Å². The van der Waals surface area contributed by atoms with Crippen molar-refractivity contribution in [2.24, 2.45) is 5.92 Å². The maximum Gasteiger partial charge on any atom is 0.00818 e. The third-order valence-electron chi connectivity index (χ3n) is 3.83. The van der Waals surface area contributed by atoms with Crippen LogP contribution in [-0.4, -0.2) is 12.1 Å². The molecule has 0 fully saturated rings. The van der Waals surface area contributed by atoms with E-state index in [0.717, 1.165) is 12.3 Å². The van der Waals surface area contributed by atoms with Crippen LogP contribution in [0.25, 0.3) is 0 Å². The first-order valence-electron chi connectivity index (χ1n) is 6.85. The maximum absolute atomic E-state index is 3.71. The van der Waals surface area contributed by atoms with Crippen molar-refractivity contribution in [1.29, 1.82) is 0 Å². The third-order valence-corrected chi connectivity index (χ3v) is 3.83. The molecule has 0 heterocycles. The van der Waals surface area contributed by atoms with E-state index in [0.29, 0.717) is 12.1 Å². The van der Waals surface area contributed by atoms with Crippen LogP contribution in [0.5, 0.6) is 0 Å². The molecular weight excluding hydrogens is 206 g/mol. The standard InChI is InChI=1S/C16H27N/c1-6-12(2)15(5)17-14(4)11-16-10-8-7-9-13(16)3/h7-10,12,14-15,17H,6,11H2,1-5H3. The second kappa shape index (κ2) is 6.80. The highest BCUT2D eigenvalue weighted by molar-refractivity contribution is 5.26. The number of hydrogen-bond donors (Lipinski definition) is 1. The molecule has 0 saturated carbocycles. The van der Waals surface area contributed by atoms with Crippen LogP contribution in [0.4, 0.5) is 0 Å². The number of hydrogen-bond acceptors (Lipinski definition) is 1. The molecule has 1 aromatic carbocycles. The van der Waals surface area contributed by atoms with Gasteiger partial charge in [0.1, 0.15) is 0 Å². The van der Waals surface area contributed by atoms with Crippen LogP contribution in [0.2, 0.25) is 0 Å². The zero-order chi connectivity index (χ0) is 12.8. The van der Waals surface area contributed by atoms with Crippen LogP contribution < -0.4 is 5.32 Å². The summed E-state index contributed by atoms with van der Waals surface area (Å²) in [6.45, 7) is 11.3. The van der Waals surface area contributed by atoms with Gasteiger partial charge in [-0.1, -0.05) is 44.5 Å². The lowest BCUT2D eigenvalue weighted by atomic mass is 9.97. The summed E-state index contributed by atoms with van der Waals surface area (Å²) in [6.07, 6.45) is 2.36. The van der Waals surface area contributed by atoms with Gasteiger partial charge in [-0.25, -0.2) is 0 Å². The van der Waals surface area contributed by atoms with Gasteiger partial charge in [0, 0.05) is 12.1 Å². The van der Waals surface area contributed by atoms with E-state index >= 15 is 0 Å². The molecule has 17 heavy (non-hydrogen) atoms. The van der Waals surface area contributed by atoms with Gasteiger partial charge in [0.2, 0.25) is 0 Å².